The van der Waals surface area contributed by atoms with Gasteiger partial charge in [-0.2, -0.15) is 0 Å². The Bertz CT molecular complexity index is 1170. The van der Waals surface area contributed by atoms with E-state index in [2.05, 4.69) is 26.8 Å². The third-order valence-electron chi connectivity index (χ3n) is 5.24. The van der Waals surface area contributed by atoms with Gasteiger partial charge >= 0.3 is 0 Å². The van der Waals surface area contributed by atoms with E-state index in [1.807, 2.05) is 0 Å². The number of imidazole rings is 1. The minimum atomic E-state index is -1.80. The predicted molar refractivity (Wildman–Crippen MR) is 108 cm³/mol. The van der Waals surface area contributed by atoms with Gasteiger partial charge in [0.15, 0.2) is 22.7 Å². The van der Waals surface area contributed by atoms with Gasteiger partial charge in [0, 0.05) is 5.56 Å². The van der Waals surface area contributed by atoms with Crippen molar-refractivity contribution in [1.29, 1.82) is 0 Å². The third-order valence-corrected chi connectivity index (χ3v) is 5.24. The summed E-state index contributed by atoms with van der Waals surface area (Å²) < 4.78 is 15.1. The van der Waals surface area contributed by atoms with Crippen molar-refractivity contribution in [2.24, 2.45) is 0 Å². The molecule has 0 bridgehead atoms. The lowest BCUT2D eigenvalue weighted by molar-refractivity contribution is -0.0609. The van der Waals surface area contributed by atoms with Gasteiger partial charge in [-0.1, -0.05) is 18.1 Å². The fraction of sp³-hybridized carbons (Fsp3) is 0.381. The first kappa shape index (κ1) is 20.2. The number of rotatable bonds is 3. The van der Waals surface area contributed by atoms with Gasteiger partial charge in [-0.15, -0.1) is 0 Å². The second-order valence-electron chi connectivity index (χ2n) is 7.75. The zero-order chi connectivity index (χ0) is 21.5. The monoisotopic (exact) mass is 411 g/mol. The highest BCUT2D eigenvalue weighted by molar-refractivity contribution is 5.86. The van der Waals surface area contributed by atoms with E-state index in [9.17, 15) is 19.7 Å². The number of hydrogen-bond acceptors (Lipinski definition) is 7. The smallest absolute Gasteiger partial charge is 0.209 e. The SMILES string of the molecule is CC(O)(CO)n1c(-c2cccc(F)c2)nc2c(N)nc(C#CC3(O)CCCC3)nc21. The number of nitrogens with two attached hydrogens (primary N) is 1. The van der Waals surface area contributed by atoms with E-state index in [1.165, 1.54) is 29.7 Å². The molecule has 1 aliphatic rings. The molecular weight excluding hydrogens is 389 g/mol. The highest BCUT2D eigenvalue weighted by atomic mass is 19.1. The average Bonchev–Trinajstić information content (AvgIpc) is 3.31. The van der Waals surface area contributed by atoms with Gasteiger partial charge in [-0.3, -0.25) is 4.57 Å². The Labute approximate surface area is 172 Å². The summed E-state index contributed by atoms with van der Waals surface area (Å²) in [6, 6.07) is 5.67. The number of nitrogens with zero attached hydrogens (tertiary/aromatic N) is 4. The molecule has 0 aliphatic heterocycles. The van der Waals surface area contributed by atoms with Crippen molar-refractivity contribution < 1.29 is 19.7 Å². The summed E-state index contributed by atoms with van der Waals surface area (Å²) in [5.74, 6) is 5.35. The zero-order valence-electron chi connectivity index (χ0n) is 16.4. The van der Waals surface area contributed by atoms with Crippen LogP contribution in [0.5, 0.6) is 0 Å². The predicted octanol–water partition coefficient (Wildman–Crippen LogP) is 1.53. The van der Waals surface area contributed by atoms with Gasteiger partial charge in [-0.05, 0) is 50.7 Å². The summed E-state index contributed by atoms with van der Waals surface area (Å²) in [6.07, 6.45) is 2.96. The van der Waals surface area contributed by atoms with Crippen LogP contribution in [0.25, 0.3) is 22.6 Å². The van der Waals surface area contributed by atoms with Crippen molar-refractivity contribution in [2.75, 3.05) is 12.3 Å². The van der Waals surface area contributed by atoms with Crippen LogP contribution in [0.4, 0.5) is 10.2 Å². The number of aromatic nitrogens is 4. The number of hydrogen-bond donors (Lipinski definition) is 4. The zero-order valence-corrected chi connectivity index (χ0v) is 16.4. The van der Waals surface area contributed by atoms with Gasteiger partial charge in [0.25, 0.3) is 0 Å². The van der Waals surface area contributed by atoms with E-state index in [1.54, 1.807) is 6.07 Å². The fourth-order valence-corrected chi connectivity index (χ4v) is 3.64. The maximum atomic E-state index is 13.8. The molecule has 4 rings (SSSR count). The normalized spacial score (nSPS) is 17.5. The summed E-state index contributed by atoms with van der Waals surface area (Å²) in [7, 11) is 0. The molecule has 1 unspecified atom stereocenters. The van der Waals surface area contributed by atoms with Crippen LogP contribution in [-0.2, 0) is 5.72 Å². The van der Waals surface area contributed by atoms with E-state index in [4.69, 9.17) is 5.73 Å². The summed E-state index contributed by atoms with van der Waals surface area (Å²) >= 11 is 0. The van der Waals surface area contributed by atoms with Crippen LogP contribution in [0.2, 0.25) is 0 Å². The molecule has 1 aliphatic carbocycles. The van der Waals surface area contributed by atoms with Gasteiger partial charge in [0.05, 0.1) is 6.61 Å². The van der Waals surface area contributed by atoms with Gasteiger partial charge in [0.1, 0.15) is 17.2 Å². The minimum absolute atomic E-state index is 0.0212. The minimum Gasteiger partial charge on any atom is -0.391 e. The quantitative estimate of drug-likeness (QED) is 0.481. The first-order chi connectivity index (χ1) is 14.2. The first-order valence-electron chi connectivity index (χ1n) is 9.64. The van der Waals surface area contributed by atoms with Crippen molar-refractivity contribution in [3.8, 4) is 23.2 Å². The molecule has 1 atom stereocenters. The van der Waals surface area contributed by atoms with Crippen molar-refractivity contribution >= 4 is 17.0 Å². The second-order valence-corrected chi connectivity index (χ2v) is 7.75. The third kappa shape index (κ3) is 3.61. The molecule has 30 heavy (non-hydrogen) atoms. The van der Waals surface area contributed by atoms with E-state index in [0.29, 0.717) is 18.4 Å². The summed E-state index contributed by atoms with van der Waals surface area (Å²) in [5.41, 5.74) is 3.90. The second kappa shape index (κ2) is 7.32. The Balaban J connectivity index is 1.93. The highest BCUT2D eigenvalue weighted by Crippen LogP contribution is 2.32. The number of anilines is 1. The summed E-state index contributed by atoms with van der Waals surface area (Å²) in [5, 5.41) is 31.0. The molecule has 1 saturated carbocycles. The molecule has 2 heterocycles. The fourth-order valence-electron chi connectivity index (χ4n) is 3.64. The van der Waals surface area contributed by atoms with E-state index in [-0.39, 0.29) is 28.6 Å². The molecule has 5 N–H and O–H groups in total. The van der Waals surface area contributed by atoms with Crippen molar-refractivity contribution in [2.45, 2.75) is 43.9 Å². The Morgan fingerprint density at radius 2 is 2.00 bits per heavy atom. The highest BCUT2D eigenvalue weighted by Gasteiger charge is 2.31. The van der Waals surface area contributed by atoms with Crippen LogP contribution in [0.3, 0.4) is 0 Å². The summed E-state index contributed by atoms with van der Waals surface area (Å²) in [4.78, 5) is 12.9. The van der Waals surface area contributed by atoms with Gasteiger partial charge in [0.2, 0.25) is 5.82 Å². The largest absolute Gasteiger partial charge is 0.391 e. The maximum Gasteiger partial charge on any atom is 0.209 e. The molecule has 0 amide bonds. The molecular formula is C21H22FN5O3. The van der Waals surface area contributed by atoms with Gasteiger partial charge < -0.3 is 21.1 Å². The average molecular weight is 411 g/mol. The number of aliphatic hydroxyl groups is 3. The lowest BCUT2D eigenvalue weighted by Crippen LogP contribution is -2.34. The number of halogens is 1. The van der Waals surface area contributed by atoms with Crippen LogP contribution in [0.15, 0.2) is 24.3 Å². The van der Waals surface area contributed by atoms with Gasteiger partial charge in [-0.25, -0.2) is 19.3 Å². The lowest BCUT2D eigenvalue weighted by atomic mass is 10.0. The molecule has 1 aromatic carbocycles. The topological polar surface area (TPSA) is 130 Å². The van der Waals surface area contributed by atoms with Crippen LogP contribution in [-0.4, -0.2) is 47.0 Å². The van der Waals surface area contributed by atoms with Crippen LogP contribution in [0.1, 0.15) is 38.4 Å². The Kier molecular flexibility index (Phi) is 4.94. The Morgan fingerprint density at radius 1 is 1.27 bits per heavy atom. The molecule has 3 aromatic rings. The van der Waals surface area contributed by atoms with E-state index < -0.39 is 23.8 Å². The Hall–Kier alpha value is -3.06. The standard InChI is InChI=1S/C21H22FN5O3/c1-20(29,12-28)27-18(13-5-4-6-14(22)11-13)26-16-17(23)24-15(25-19(16)27)7-10-21(30)8-2-3-9-21/h4-6,11,28-30H,2-3,8-9,12H2,1H3,(H2,23,24,25). The lowest BCUT2D eigenvalue weighted by Gasteiger charge is -2.25. The number of fused-ring (bicyclic) bond motifs is 1. The van der Waals surface area contributed by atoms with Crippen LogP contribution < -0.4 is 5.73 Å². The molecule has 156 valence electrons. The molecule has 0 saturated heterocycles. The van der Waals surface area contributed by atoms with Crippen LogP contribution >= 0.6 is 0 Å². The summed E-state index contributed by atoms with van der Waals surface area (Å²) in [6.45, 7) is 0.729. The Morgan fingerprint density at radius 3 is 2.67 bits per heavy atom. The molecule has 2 aromatic heterocycles. The first-order valence-corrected chi connectivity index (χ1v) is 9.64. The van der Waals surface area contributed by atoms with Crippen molar-refractivity contribution in [3.63, 3.8) is 0 Å². The van der Waals surface area contributed by atoms with Crippen molar-refractivity contribution in [3.05, 3.63) is 35.9 Å². The molecule has 0 radical (unpaired) electrons. The molecule has 8 nitrogen and oxygen atoms in total. The number of nitrogen functional groups attached to an aromatic ring is 1. The van der Waals surface area contributed by atoms with Crippen molar-refractivity contribution in [1.82, 2.24) is 19.5 Å². The molecule has 1 fully saturated rings. The maximum absolute atomic E-state index is 13.8. The van der Waals surface area contributed by atoms with Crippen LogP contribution in [0, 0.1) is 17.7 Å². The van der Waals surface area contributed by atoms with E-state index >= 15 is 0 Å². The number of benzene rings is 1. The number of aliphatic hydroxyl groups excluding tert-OH is 1. The molecule has 0 spiro atoms. The van der Waals surface area contributed by atoms with E-state index in [0.717, 1.165) is 12.8 Å². The molecule has 9 heteroatoms.